The summed E-state index contributed by atoms with van der Waals surface area (Å²) in [6.07, 6.45) is 10.3. The predicted molar refractivity (Wildman–Crippen MR) is 176 cm³/mol. The largest absolute Gasteiger partial charge is 0.461 e. The number of nitrogen functional groups attached to an aromatic ring is 1. The normalized spacial score (nSPS) is 26.3. The maximum Gasteiger partial charge on any atom is 0.312 e. The van der Waals surface area contributed by atoms with E-state index in [1.807, 2.05) is 33.8 Å². The van der Waals surface area contributed by atoms with Crippen LogP contribution in [0.4, 0.5) is 10.2 Å². The molecule has 3 aromatic rings. The summed E-state index contributed by atoms with van der Waals surface area (Å²) in [6.45, 7) is 8.32. The van der Waals surface area contributed by atoms with Gasteiger partial charge in [0, 0.05) is 17.9 Å². The second-order valence-corrected chi connectivity index (χ2v) is 14.5. The molecule has 1 unspecified atom stereocenters. The van der Waals surface area contributed by atoms with Gasteiger partial charge in [0.1, 0.15) is 23.9 Å². The van der Waals surface area contributed by atoms with E-state index >= 15 is 0 Å². The monoisotopic (exact) mass is 675 g/mol. The van der Waals surface area contributed by atoms with Crippen molar-refractivity contribution in [1.29, 1.82) is 0 Å². The summed E-state index contributed by atoms with van der Waals surface area (Å²) in [5.41, 5.74) is 5.51. The minimum absolute atomic E-state index is 0.0778. The van der Waals surface area contributed by atoms with Crippen molar-refractivity contribution in [3.8, 4) is 18.1 Å². The fourth-order valence-electron chi connectivity index (χ4n) is 8.07. The summed E-state index contributed by atoms with van der Waals surface area (Å²) in [4.78, 5) is 51.3. The maximum atomic E-state index is 14.3. The Morgan fingerprint density at radius 1 is 1.16 bits per heavy atom. The number of hydrogen-bond donors (Lipinski definition) is 1. The topological polar surface area (TPSA) is 158 Å². The van der Waals surface area contributed by atoms with Gasteiger partial charge in [-0.05, 0) is 75.5 Å². The number of hydrogen-bond acceptors (Lipinski definition) is 11. The quantitative estimate of drug-likeness (QED) is 0.143. The van der Waals surface area contributed by atoms with E-state index in [1.54, 1.807) is 6.07 Å². The van der Waals surface area contributed by atoms with Crippen LogP contribution in [0.5, 0.6) is 5.75 Å². The summed E-state index contributed by atoms with van der Waals surface area (Å²) >= 11 is 0. The molecule has 1 saturated heterocycles. The maximum absolute atomic E-state index is 14.3. The molecular formula is C36H42FN5O7. The number of ether oxygens (including phenoxy) is 4. The Morgan fingerprint density at radius 2 is 1.86 bits per heavy atom. The van der Waals surface area contributed by atoms with Crippen LogP contribution in [0.15, 0.2) is 18.5 Å². The van der Waals surface area contributed by atoms with Gasteiger partial charge in [-0.1, -0.05) is 25.8 Å². The smallest absolute Gasteiger partial charge is 0.312 e. The van der Waals surface area contributed by atoms with Crippen LogP contribution in [0.1, 0.15) is 88.4 Å². The first kappa shape index (κ1) is 34.3. The van der Waals surface area contributed by atoms with Crippen LogP contribution in [-0.2, 0) is 34.0 Å². The Bertz CT molecular complexity index is 1840. The molecule has 13 heteroatoms. The van der Waals surface area contributed by atoms with Crippen molar-refractivity contribution in [1.82, 2.24) is 19.5 Å². The van der Waals surface area contributed by atoms with Crippen LogP contribution < -0.4 is 10.5 Å². The van der Waals surface area contributed by atoms with Gasteiger partial charge in [0.05, 0.1) is 24.8 Å². The van der Waals surface area contributed by atoms with Gasteiger partial charge in [-0.2, -0.15) is 14.4 Å². The summed E-state index contributed by atoms with van der Waals surface area (Å²) in [5, 5.41) is 0. The Labute approximate surface area is 284 Å². The van der Waals surface area contributed by atoms with E-state index in [1.165, 1.54) is 17.8 Å². The summed E-state index contributed by atoms with van der Waals surface area (Å²) in [6, 6.07) is 2.92. The number of nitrogens with two attached hydrogens (primary N) is 1. The van der Waals surface area contributed by atoms with E-state index in [-0.39, 0.29) is 36.0 Å². The highest BCUT2D eigenvalue weighted by Gasteiger charge is 2.57. The van der Waals surface area contributed by atoms with Crippen LogP contribution in [0.3, 0.4) is 0 Å². The fourth-order valence-corrected chi connectivity index (χ4v) is 8.07. The second-order valence-electron chi connectivity index (χ2n) is 14.5. The number of nitrogens with zero attached hydrogens (tertiary/aromatic N) is 4. The van der Waals surface area contributed by atoms with E-state index in [9.17, 15) is 18.8 Å². The average molecular weight is 676 g/mol. The Balaban J connectivity index is 1.28. The lowest BCUT2D eigenvalue weighted by atomic mass is 9.61. The minimum Gasteiger partial charge on any atom is -0.461 e. The molecular weight excluding hydrogens is 633 g/mol. The van der Waals surface area contributed by atoms with Crippen LogP contribution in [0.25, 0.3) is 11.2 Å². The molecule has 3 saturated carbocycles. The van der Waals surface area contributed by atoms with Crippen molar-refractivity contribution in [2.45, 2.75) is 103 Å². The van der Waals surface area contributed by atoms with Gasteiger partial charge in [-0.15, -0.1) is 6.42 Å². The van der Waals surface area contributed by atoms with Crippen LogP contribution in [0.2, 0.25) is 0 Å². The third kappa shape index (κ3) is 6.34. The molecule has 3 heterocycles. The molecule has 3 aliphatic carbocycles. The molecule has 0 spiro atoms. The van der Waals surface area contributed by atoms with Crippen LogP contribution in [-0.4, -0.2) is 62.3 Å². The van der Waals surface area contributed by atoms with E-state index in [4.69, 9.17) is 31.1 Å². The summed E-state index contributed by atoms with van der Waals surface area (Å²) in [5.74, 6) is 2.04. The zero-order chi connectivity index (χ0) is 35.3. The molecule has 0 radical (unpaired) electrons. The van der Waals surface area contributed by atoms with Gasteiger partial charge in [-0.25, -0.2) is 4.98 Å². The number of fused-ring (bicyclic) bond motifs is 4. The third-order valence-corrected chi connectivity index (χ3v) is 10.5. The van der Waals surface area contributed by atoms with Gasteiger partial charge >= 0.3 is 24.0 Å². The zero-order valence-corrected chi connectivity index (χ0v) is 28.5. The highest BCUT2D eigenvalue weighted by molar-refractivity contribution is 5.81. The van der Waals surface area contributed by atoms with Gasteiger partial charge in [-0.3, -0.25) is 14.4 Å². The number of carbonyl (C=O) groups excluding carboxylic acids is 3. The highest BCUT2D eigenvalue weighted by Crippen LogP contribution is 2.52. The zero-order valence-electron chi connectivity index (χ0n) is 28.5. The number of aromatic nitrogens is 4. The molecule has 12 nitrogen and oxygen atoms in total. The van der Waals surface area contributed by atoms with Crippen LogP contribution >= 0.6 is 0 Å². The Hall–Kier alpha value is -4.57. The van der Waals surface area contributed by atoms with E-state index in [0.717, 1.165) is 49.7 Å². The Morgan fingerprint density at radius 3 is 2.51 bits per heavy atom. The lowest BCUT2D eigenvalue weighted by Gasteiger charge is -2.45. The molecule has 2 aromatic heterocycles. The van der Waals surface area contributed by atoms with E-state index < -0.39 is 53.2 Å². The van der Waals surface area contributed by atoms with Crippen molar-refractivity contribution in [3.63, 3.8) is 0 Å². The molecule has 1 aromatic carbocycles. The number of terminal acetylenes is 1. The summed E-state index contributed by atoms with van der Waals surface area (Å²) in [7, 11) is 0. The summed E-state index contributed by atoms with van der Waals surface area (Å²) < 4.78 is 39.8. The molecule has 4 fully saturated rings. The highest BCUT2D eigenvalue weighted by atomic mass is 19.1. The SMILES string of the molecule is C#C[C@]1(COC(=O)CC(C)(C)c2c(C)cc(C)cc2OC(C)=O)OCC(n2cnc3c(N)nc(F)nc32)[C@@H]1OC(=O)C12CCC(CC1)CC2. The molecule has 260 valence electrons. The fraction of sp³-hybridized carbons (Fsp3) is 0.556. The van der Waals surface area contributed by atoms with Crippen molar-refractivity contribution in [2.75, 3.05) is 18.9 Å². The molecule has 2 N–H and O–H groups in total. The number of esters is 3. The van der Waals surface area contributed by atoms with Gasteiger partial charge in [0.15, 0.2) is 17.6 Å². The first-order chi connectivity index (χ1) is 23.2. The van der Waals surface area contributed by atoms with E-state index in [0.29, 0.717) is 17.2 Å². The van der Waals surface area contributed by atoms with E-state index in [2.05, 4.69) is 20.9 Å². The molecule has 4 aliphatic rings. The number of carbonyl (C=O) groups is 3. The van der Waals surface area contributed by atoms with Crippen molar-refractivity contribution < 1.29 is 37.7 Å². The van der Waals surface area contributed by atoms with Crippen LogP contribution in [0, 0.1) is 43.6 Å². The molecule has 1 aliphatic heterocycles. The third-order valence-electron chi connectivity index (χ3n) is 10.5. The lowest BCUT2D eigenvalue weighted by Crippen LogP contribution is -2.51. The number of benzene rings is 1. The standard InChI is InChI=1S/C36H42FN5O7/c1-7-36(18-46-26(44)16-34(5,6)27-21(3)14-20(2)15-25(27)48-22(4)43)29(49-32(45)35-11-8-23(9-12-35)10-13-35)24(17-47-36)42-19-39-28-30(38)40-33(37)41-31(28)42/h1,14-15,19,23-24,29H,8-13,16-18H2,2-6H3,(H2,38,40,41)/t23?,24?,29-,35?,36+/m0/s1. The van der Waals surface area contributed by atoms with Gasteiger partial charge in [0.25, 0.3) is 0 Å². The molecule has 49 heavy (non-hydrogen) atoms. The lowest BCUT2D eigenvalue weighted by molar-refractivity contribution is -0.179. The van der Waals surface area contributed by atoms with Gasteiger partial charge < -0.3 is 29.2 Å². The second kappa shape index (κ2) is 12.7. The number of anilines is 1. The number of imidazole rings is 1. The molecule has 3 atom stereocenters. The minimum atomic E-state index is -1.68. The van der Waals surface area contributed by atoms with Crippen molar-refractivity contribution >= 4 is 34.9 Å². The first-order valence-electron chi connectivity index (χ1n) is 16.6. The average Bonchev–Trinajstić information content (AvgIpc) is 3.61. The first-order valence-corrected chi connectivity index (χ1v) is 16.6. The Kier molecular flexibility index (Phi) is 8.90. The van der Waals surface area contributed by atoms with Gasteiger partial charge in [0.2, 0.25) is 5.60 Å². The number of rotatable bonds is 9. The predicted octanol–water partition coefficient (Wildman–Crippen LogP) is 4.83. The molecule has 0 amide bonds. The number of aryl methyl sites for hydroxylation is 2. The van der Waals surface area contributed by atoms with Crippen molar-refractivity contribution in [2.24, 2.45) is 11.3 Å². The molecule has 7 rings (SSSR count). The van der Waals surface area contributed by atoms with Crippen molar-refractivity contribution in [3.05, 3.63) is 41.2 Å². The number of halogens is 1. The molecule has 2 bridgehead atoms.